The van der Waals surface area contributed by atoms with Gasteiger partial charge in [0.05, 0.1) is 49.1 Å². The number of benzene rings is 1. The van der Waals surface area contributed by atoms with Crippen molar-refractivity contribution in [1.82, 2.24) is 19.7 Å². The number of carbonyl (C=O) groups is 1. The Kier molecular flexibility index (Phi) is 15.3. The van der Waals surface area contributed by atoms with Gasteiger partial charge in [-0.1, -0.05) is 50.6 Å². The van der Waals surface area contributed by atoms with Crippen LogP contribution in [0, 0.1) is 0 Å². The maximum absolute atomic E-state index is 13.1. The highest BCUT2D eigenvalue weighted by molar-refractivity contribution is 7.09. The molecule has 0 bridgehead atoms. The number of amides is 1. The van der Waals surface area contributed by atoms with Crippen LogP contribution in [0.1, 0.15) is 80.9 Å². The van der Waals surface area contributed by atoms with Gasteiger partial charge in [-0.25, -0.2) is 4.98 Å². The van der Waals surface area contributed by atoms with Gasteiger partial charge in [-0.3, -0.25) is 14.6 Å². The maximum Gasteiger partial charge on any atom is 0.225 e. The van der Waals surface area contributed by atoms with Gasteiger partial charge in [0, 0.05) is 63.4 Å². The zero-order valence-electron chi connectivity index (χ0n) is 28.9. The van der Waals surface area contributed by atoms with E-state index in [1.807, 2.05) is 10.3 Å². The maximum atomic E-state index is 13.1. The predicted molar refractivity (Wildman–Crippen MR) is 186 cm³/mol. The number of aliphatic hydroxyl groups excluding tert-OH is 1. The number of thiazole rings is 1. The molecule has 4 rings (SSSR count). The number of piperidine rings is 1. The number of aryl methyl sites for hydroxylation is 1. The molecule has 0 aliphatic carbocycles. The number of aliphatic hydroxyl groups is 1. The third kappa shape index (κ3) is 10.4. The molecule has 47 heavy (non-hydrogen) atoms. The number of morpholine rings is 1. The smallest absolute Gasteiger partial charge is 0.225 e. The minimum Gasteiger partial charge on any atom is -0.381 e. The summed E-state index contributed by atoms with van der Waals surface area (Å²) in [5.41, 5.74) is 2.67. The summed E-state index contributed by atoms with van der Waals surface area (Å²) < 4.78 is 23.0. The first-order chi connectivity index (χ1) is 22.8. The van der Waals surface area contributed by atoms with Gasteiger partial charge in [-0.2, -0.15) is 0 Å². The standard InChI is InChI=1S/C35H55ClN4O6S/c1-6-28(7-2)40(23-32(43-4)44-5)31(41)13-20-45-19-12-26-10-9-11-27(33(26)36)22-38-16-14-35(15-17-38)25-39(18-21-46-35)34(42)29-24-47-30(8-3)37-29/h9-11,24,28,32,34,42H,6-8,12-23,25H2,1-5H3. The van der Waals surface area contributed by atoms with Gasteiger partial charge in [0.1, 0.15) is 0 Å². The molecular formula is C35H55ClN4O6S. The molecule has 2 aromatic rings. The molecule has 3 heterocycles. The van der Waals surface area contributed by atoms with Gasteiger partial charge < -0.3 is 29.0 Å². The summed E-state index contributed by atoms with van der Waals surface area (Å²) in [7, 11) is 3.18. The lowest BCUT2D eigenvalue weighted by atomic mass is 9.89. The first kappa shape index (κ1) is 38.1. The second-order valence-corrected chi connectivity index (χ2v) is 13.9. The first-order valence-corrected chi connectivity index (χ1v) is 18.4. The zero-order chi connectivity index (χ0) is 33.8. The second kappa shape index (κ2) is 18.9. The van der Waals surface area contributed by atoms with Crippen LogP contribution in [0.25, 0.3) is 0 Å². The molecule has 12 heteroatoms. The molecule has 1 aromatic heterocycles. The Hall–Kier alpha value is -1.67. The molecule has 2 saturated heterocycles. The number of hydrogen-bond acceptors (Lipinski definition) is 10. The topological polar surface area (TPSA) is 96.8 Å². The van der Waals surface area contributed by atoms with E-state index in [4.69, 9.17) is 30.5 Å². The normalized spacial score (nSPS) is 18.0. The van der Waals surface area contributed by atoms with Gasteiger partial charge in [-0.15, -0.1) is 11.3 Å². The number of likely N-dealkylation sites (tertiary alicyclic amines) is 1. The Morgan fingerprint density at radius 2 is 1.85 bits per heavy atom. The number of halogens is 1. The summed E-state index contributed by atoms with van der Waals surface area (Å²) in [5.74, 6) is 0.0497. The lowest BCUT2D eigenvalue weighted by Gasteiger charge is -2.48. The molecule has 10 nitrogen and oxygen atoms in total. The fourth-order valence-corrected chi connectivity index (χ4v) is 7.70. The molecule has 2 fully saturated rings. The molecule has 264 valence electrons. The molecule has 0 saturated carbocycles. The monoisotopic (exact) mass is 694 g/mol. The van der Waals surface area contributed by atoms with E-state index in [1.54, 1.807) is 25.6 Å². The number of hydrogen-bond donors (Lipinski definition) is 1. The summed E-state index contributed by atoms with van der Waals surface area (Å²) in [5, 5.41) is 14.9. The van der Waals surface area contributed by atoms with Crippen molar-refractivity contribution in [1.29, 1.82) is 0 Å². The number of aromatic nitrogens is 1. The number of methoxy groups -OCH3 is 2. The van der Waals surface area contributed by atoms with E-state index < -0.39 is 12.5 Å². The van der Waals surface area contributed by atoms with Crippen molar-refractivity contribution in [2.75, 3.05) is 66.8 Å². The van der Waals surface area contributed by atoms with Crippen LogP contribution in [-0.2, 0) is 43.1 Å². The van der Waals surface area contributed by atoms with E-state index in [0.717, 1.165) is 78.6 Å². The molecule has 1 amide bonds. The van der Waals surface area contributed by atoms with Gasteiger partial charge in [0.2, 0.25) is 5.91 Å². The highest BCUT2D eigenvalue weighted by Gasteiger charge is 2.41. The van der Waals surface area contributed by atoms with Crippen LogP contribution < -0.4 is 0 Å². The Bertz CT molecular complexity index is 1230. The van der Waals surface area contributed by atoms with Crippen LogP contribution in [0.5, 0.6) is 0 Å². The van der Waals surface area contributed by atoms with Gasteiger partial charge in [0.15, 0.2) is 12.5 Å². The number of ether oxygens (including phenoxy) is 4. The lowest BCUT2D eigenvalue weighted by molar-refractivity contribution is -0.168. The Morgan fingerprint density at radius 3 is 2.51 bits per heavy atom. The molecular weight excluding hydrogens is 640 g/mol. The largest absolute Gasteiger partial charge is 0.381 e. The summed E-state index contributed by atoms with van der Waals surface area (Å²) in [6.07, 6.45) is 4.30. The van der Waals surface area contributed by atoms with Crippen LogP contribution in [0.4, 0.5) is 0 Å². The van der Waals surface area contributed by atoms with E-state index >= 15 is 0 Å². The van der Waals surface area contributed by atoms with Crippen LogP contribution in [0.15, 0.2) is 23.6 Å². The average Bonchev–Trinajstić information content (AvgIpc) is 3.58. The van der Waals surface area contributed by atoms with E-state index in [0.29, 0.717) is 52.3 Å². The van der Waals surface area contributed by atoms with Gasteiger partial charge in [0.25, 0.3) is 0 Å². The molecule has 0 radical (unpaired) electrons. The fourth-order valence-electron chi connectivity index (χ4n) is 6.66. The SMILES string of the molecule is CCc1nc(C(O)N2CCOC3(CCN(Cc4cccc(CCOCCC(=O)N(CC(OC)OC)C(CC)CC)c4Cl)CC3)C2)cs1. The van der Waals surface area contributed by atoms with Crippen molar-refractivity contribution in [3.63, 3.8) is 0 Å². The molecule has 2 aliphatic rings. The van der Waals surface area contributed by atoms with Crippen LogP contribution in [0.2, 0.25) is 5.02 Å². The molecule has 1 N–H and O–H groups in total. The summed E-state index contributed by atoms with van der Waals surface area (Å²) in [6.45, 7) is 12.1. The fraction of sp³-hybridized carbons (Fsp3) is 0.714. The van der Waals surface area contributed by atoms with Crippen LogP contribution in [-0.4, -0.2) is 115 Å². The average molecular weight is 695 g/mol. The van der Waals surface area contributed by atoms with E-state index in [2.05, 4.69) is 53.8 Å². The van der Waals surface area contributed by atoms with Gasteiger partial charge in [-0.05, 0) is 49.7 Å². The highest BCUT2D eigenvalue weighted by Crippen LogP contribution is 2.34. The number of nitrogens with zero attached hydrogens (tertiary/aromatic N) is 4. The third-order valence-corrected chi connectivity index (χ3v) is 11.1. The van der Waals surface area contributed by atoms with Crippen LogP contribution >= 0.6 is 22.9 Å². The summed E-state index contributed by atoms with van der Waals surface area (Å²) >= 11 is 8.52. The van der Waals surface area contributed by atoms with E-state index in [1.165, 1.54) is 0 Å². The molecule has 1 unspecified atom stereocenters. The Labute approximate surface area is 290 Å². The minimum absolute atomic E-state index is 0.0497. The molecule has 2 aliphatic heterocycles. The van der Waals surface area contributed by atoms with Gasteiger partial charge >= 0.3 is 0 Å². The van der Waals surface area contributed by atoms with Crippen molar-refractivity contribution >= 4 is 28.8 Å². The van der Waals surface area contributed by atoms with Crippen molar-refractivity contribution in [2.45, 2.75) is 96.4 Å². The van der Waals surface area contributed by atoms with Crippen molar-refractivity contribution < 1.29 is 28.8 Å². The highest BCUT2D eigenvalue weighted by atomic mass is 35.5. The Balaban J connectivity index is 1.22. The first-order valence-electron chi connectivity index (χ1n) is 17.2. The number of rotatable bonds is 18. The lowest BCUT2D eigenvalue weighted by Crippen LogP contribution is -2.57. The van der Waals surface area contributed by atoms with E-state index in [9.17, 15) is 9.90 Å². The van der Waals surface area contributed by atoms with Crippen molar-refractivity contribution in [2.24, 2.45) is 0 Å². The third-order valence-electron chi connectivity index (χ3n) is 9.63. The molecule has 1 spiro atoms. The predicted octanol–water partition coefficient (Wildman–Crippen LogP) is 5.30. The zero-order valence-corrected chi connectivity index (χ0v) is 30.5. The van der Waals surface area contributed by atoms with E-state index in [-0.39, 0.29) is 17.6 Å². The van der Waals surface area contributed by atoms with Crippen molar-refractivity contribution in [3.8, 4) is 0 Å². The van der Waals surface area contributed by atoms with Crippen molar-refractivity contribution in [3.05, 3.63) is 50.4 Å². The second-order valence-electron chi connectivity index (χ2n) is 12.6. The number of carbonyl (C=O) groups excluding carboxylic acids is 1. The summed E-state index contributed by atoms with van der Waals surface area (Å²) in [6, 6.07) is 6.36. The Morgan fingerprint density at radius 1 is 1.13 bits per heavy atom. The minimum atomic E-state index is -0.690. The molecule has 1 atom stereocenters. The quantitative estimate of drug-likeness (QED) is 0.165. The van der Waals surface area contributed by atoms with Crippen LogP contribution in [0.3, 0.4) is 0 Å². The molecule has 1 aromatic carbocycles. The summed E-state index contributed by atoms with van der Waals surface area (Å²) in [4.78, 5) is 24.1.